The van der Waals surface area contributed by atoms with Crippen LogP contribution in [0.1, 0.15) is 0 Å². The summed E-state index contributed by atoms with van der Waals surface area (Å²) in [6.45, 7) is -0.102. The Hall–Kier alpha value is -1.75. The topological polar surface area (TPSA) is 56.8 Å². The summed E-state index contributed by atoms with van der Waals surface area (Å²) >= 11 is 0. The zero-order valence-electron chi connectivity index (χ0n) is 9.28. The van der Waals surface area contributed by atoms with Gasteiger partial charge in [-0.05, 0) is 12.1 Å². The second-order valence-corrected chi connectivity index (χ2v) is 2.96. The average Bonchev–Trinajstić information content (AvgIpc) is 2.30. The van der Waals surface area contributed by atoms with Crippen LogP contribution in [0.25, 0.3) is 0 Å². The fourth-order valence-electron chi connectivity index (χ4n) is 1.18. The van der Waals surface area contributed by atoms with E-state index in [0.717, 1.165) is 0 Å². The molecule has 0 saturated carbocycles. The minimum absolute atomic E-state index is 0.102. The number of ether oxygens (including phenoxy) is 3. The normalized spacial score (nSPS) is 9.69. The zero-order chi connectivity index (χ0) is 12.0. The van der Waals surface area contributed by atoms with Crippen LogP contribution >= 0.6 is 0 Å². The Kier molecular flexibility index (Phi) is 4.60. The van der Waals surface area contributed by atoms with Crippen molar-refractivity contribution in [3.8, 4) is 11.5 Å². The summed E-state index contributed by atoms with van der Waals surface area (Å²) in [6, 6.07) is 5.10. The van der Waals surface area contributed by atoms with Crippen LogP contribution in [0, 0.1) is 7.11 Å². The van der Waals surface area contributed by atoms with Gasteiger partial charge in [0.2, 0.25) is 5.91 Å². The molecular formula is C11H14NO4. The van der Waals surface area contributed by atoms with Crippen molar-refractivity contribution in [2.45, 2.75) is 0 Å². The van der Waals surface area contributed by atoms with Gasteiger partial charge < -0.3 is 19.5 Å². The van der Waals surface area contributed by atoms with E-state index in [0.29, 0.717) is 17.2 Å². The van der Waals surface area contributed by atoms with E-state index in [1.54, 1.807) is 25.3 Å². The number of anilines is 1. The highest BCUT2D eigenvalue weighted by Crippen LogP contribution is 2.28. The van der Waals surface area contributed by atoms with Crippen molar-refractivity contribution in [2.24, 2.45) is 0 Å². The van der Waals surface area contributed by atoms with E-state index in [1.165, 1.54) is 7.11 Å². The maximum absolute atomic E-state index is 11.3. The van der Waals surface area contributed by atoms with Gasteiger partial charge in [-0.1, -0.05) is 0 Å². The fourth-order valence-corrected chi connectivity index (χ4v) is 1.18. The third-order valence-electron chi connectivity index (χ3n) is 1.92. The Bertz CT molecular complexity index is 365. The van der Waals surface area contributed by atoms with Crippen LogP contribution in [-0.2, 0) is 9.53 Å². The standard InChI is InChI=1S/C11H14NO4/c1-14-7-11(13)12-9-5-4-8(15-2)6-10(9)16-3/h4-6H,1,7H2,2-3H3,(H,12,13). The summed E-state index contributed by atoms with van der Waals surface area (Å²) in [5.41, 5.74) is 0.561. The van der Waals surface area contributed by atoms with Crippen LogP contribution < -0.4 is 14.8 Å². The molecule has 1 rings (SSSR count). The Labute approximate surface area is 94.3 Å². The molecule has 0 aliphatic heterocycles. The van der Waals surface area contributed by atoms with E-state index in [-0.39, 0.29) is 12.5 Å². The first-order valence-electron chi connectivity index (χ1n) is 4.60. The number of hydrogen-bond acceptors (Lipinski definition) is 4. The minimum atomic E-state index is -0.293. The molecule has 0 heterocycles. The van der Waals surface area contributed by atoms with Gasteiger partial charge in [0.1, 0.15) is 18.1 Å². The highest BCUT2D eigenvalue weighted by Gasteiger charge is 2.08. The molecule has 16 heavy (non-hydrogen) atoms. The molecule has 0 atom stereocenters. The number of nitrogens with one attached hydrogen (secondary N) is 1. The Morgan fingerprint density at radius 1 is 1.38 bits per heavy atom. The number of hydrogen-bond donors (Lipinski definition) is 1. The largest absolute Gasteiger partial charge is 0.497 e. The van der Waals surface area contributed by atoms with Crippen LogP contribution in [-0.4, -0.2) is 26.7 Å². The molecule has 0 aliphatic rings. The lowest BCUT2D eigenvalue weighted by Gasteiger charge is -2.11. The maximum Gasteiger partial charge on any atom is 0.250 e. The molecule has 0 fully saturated rings. The molecule has 0 saturated heterocycles. The number of methoxy groups -OCH3 is 2. The second-order valence-electron chi connectivity index (χ2n) is 2.96. The number of rotatable bonds is 5. The van der Waals surface area contributed by atoms with Crippen LogP contribution in [0.15, 0.2) is 18.2 Å². The molecule has 5 nitrogen and oxygen atoms in total. The molecule has 1 N–H and O–H groups in total. The second kappa shape index (κ2) is 5.97. The lowest BCUT2D eigenvalue weighted by molar-refractivity contribution is -0.119. The summed E-state index contributed by atoms with van der Waals surface area (Å²) in [5.74, 6) is 0.887. The summed E-state index contributed by atoms with van der Waals surface area (Å²) in [4.78, 5) is 11.3. The molecule has 5 heteroatoms. The van der Waals surface area contributed by atoms with Gasteiger partial charge in [0.15, 0.2) is 0 Å². The number of benzene rings is 1. The Morgan fingerprint density at radius 3 is 2.69 bits per heavy atom. The van der Waals surface area contributed by atoms with Crippen molar-refractivity contribution >= 4 is 11.6 Å². The first-order valence-corrected chi connectivity index (χ1v) is 4.60. The van der Waals surface area contributed by atoms with E-state index in [4.69, 9.17) is 9.47 Å². The zero-order valence-corrected chi connectivity index (χ0v) is 9.28. The van der Waals surface area contributed by atoms with E-state index in [9.17, 15) is 4.79 Å². The number of amides is 1. The van der Waals surface area contributed by atoms with Gasteiger partial charge in [0.05, 0.1) is 27.0 Å². The van der Waals surface area contributed by atoms with Gasteiger partial charge in [-0.3, -0.25) is 4.79 Å². The molecule has 0 unspecified atom stereocenters. The van der Waals surface area contributed by atoms with Crippen molar-refractivity contribution in [3.05, 3.63) is 25.3 Å². The average molecular weight is 224 g/mol. The molecule has 0 aromatic heterocycles. The van der Waals surface area contributed by atoms with Crippen LogP contribution in [0.4, 0.5) is 5.69 Å². The molecular weight excluding hydrogens is 210 g/mol. The van der Waals surface area contributed by atoms with E-state index in [1.807, 2.05) is 0 Å². The van der Waals surface area contributed by atoms with Gasteiger partial charge in [0, 0.05) is 6.07 Å². The van der Waals surface area contributed by atoms with Crippen molar-refractivity contribution in [2.75, 3.05) is 26.1 Å². The lowest BCUT2D eigenvalue weighted by Crippen LogP contribution is -2.17. The molecule has 1 aromatic carbocycles. The van der Waals surface area contributed by atoms with E-state index >= 15 is 0 Å². The highest BCUT2D eigenvalue weighted by atomic mass is 16.5. The third-order valence-corrected chi connectivity index (χ3v) is 1.92. The molecule has 0 spiro atoms. The smallest absolute Gasteiger partial charge is 0.250 e. The SMILES string of the molecule is [CH2]OCC(=O)Nc1ccc(OC)cc1OC. The Balaban J connectivity index is 2.83. The van der Waals surface area contributed by atoms with Crippen molar-refractivity contribution in [3.63, 3.8) is 0 Å². The van der Waals surface area contributed by atoms with Gasteiger partial charge in [0.25, 0.3) is 0 Å². The first-order chi connectivity index (χ1) is 7.71. The molecule has 1 radical (unpaired) electrons. The van der Waals surface area contributed by atoms with E-state index < -0.39 is 0 Å². The van der Waals surface area contributed by atoms with Gasteiger partial charge in [-0.2, -0.15) is 0 Å². The third kappa shape index (κ3) is 3.13. The molecule has 1 amide bonds. The van der Waals surface area contributed by atoms with Gasteiger partial charge in [-0.25, -0.2) is 0 Å². The molecule has 0 bridgehead atoms. The minimum Gasteiger partial charge on any atom is -0.497 e. The molecule has 1 aromatic rings. The first kappa shape index (κ1) is 12.3. The van der Waals surface area contributed by atoms with Gasteiger partial charge in [-0.15, -0.1) is 0 Å². The molecule has 0 aliphatic carbocycles. The fraction of sp³-hybridized carbons (Fsp3) is 0.273. The summed E-state index contributed by atoms with van der Waals surface area (Å²) < 4.78 is 14.6. The lowest BCUT2D eigenvalue weighted by atomic mass is 10.2. The monoisotopic (exact) mass is 224 g/mol. The summed E-state index contributed by atoms with van der Waals surface area (Å²) in [7, 11) is 6.20. The van der Waals surface area contributed by atoms with Crippen molar-refractivity contribution < 1.29 is 19.0 Å². The summed E-state index contributed by atoms with van der Waals surface area (Å²) in [6.07, 6.45) is 0. The number of carbonyl (C=O) groups excluding carboxylic acids is 1. The van der Waals surface area contributed by atoms with Crippen molar-refractivity contribution in [1.82, 2.24) is 0 Å². The predicted octanol–water partition coefficient (Wildman–Crippen LogP) is 1.45. The van der Waals surface area contributed by atoms with Crippen molar-refractivity contribution in [1.29, 1.82) is 0 Å². The van der Waals surface area contributed by atoms with Crippen LogP contribution in [0.5, 0.6) is 11.5 Å². The van der Waals surface area contributed by atoms with Gasteiger partial charge >= 0.3 is 0 Å². The Morgan fingerprint density at radius 2 is 2.12 bits per heavy atom. The van der Waals surface area contributed by atoms with Crippen LogP contribution in [0.2, 0.25) is 0 Å². The molecule has 87 valence electrons. The van der Waals surface area contributed by atoms with Crippen LogP contribution in [0.3, 0.4) is 0 Å². The quantitative estimate of drug-likeness (QED) is 0.822. The van der Waals surface area contributed by atoms with E-state index in [2.05, 4.69) is 17.2 Å². The predicted molar refractivity (Wildman–Crippen MR) is 59.5 cm³/mol. The number of carbonyl (C=O) groups is 1. The maximum atomic E-state index is 11.3. The summed E-state index contributed by atoms with van der Waals surface area (Å²) in [5, 5.41) is 2.63. The highest BCUT2D eigenvalue weighted by molar-refractivity contribution is 5.93.